The second kappa shape index (κ2) is 3.58. The molecule has 0 aromatic carbocycles. The SMILES string of the molecule is CC1CCCC1(O)C1CCOCC1. The highest BCUT2D eigenvalue weighted by Crippen LogP contribution is 2.44. The maximum absolute atomic E-state index is 10.5. The van der Waals surface area contributed by atoms with Crippen molar-refractivity contribution in [2.45, 2.75) is 44.6 Å². The molecule has 0 spiro atoms. The smallest absolute Gasteiger partial charge is 0.0702 e. The zero-order valence-electron chi connectivity index (χ0n) is 8.46. The second-order valence-corrected chi connectivity index (χ2v) is 4.67. The maximum Gasteiger partial charge on any atom is 0.0702 e. The molecular weight excluding hydrogens is 164 g/mol. The molecule has 1 N–H and O–H groups in total. The Morgan fingerprint density at radius 3 is 2.46 bits per heavy atom. The minimum atomic E-state index is -0.357. The molecule has 0 radical (unpaired) electrons. The average Bonchev–Trinajstić information content (AvgIpc) is 2.50. The van der Waals surface area contributed by atoms with Gasteiger partial charge in [-0.15, -0.1) is 0 Å². The van der Waals surface area contributed by atoms with Crippen LogP contribution in [0.25, 0.3) is 0 Å². The van der Waals surface area contributed by atoms with Gasteiger partial charge in [0.1, 0.15) is 0 Å². The van der Waals surface area contributed by atoms with Crippen molar-refractivity contribution in [2.24, 2.45) is 11.8 Å². The lowest BCUT2D eigenvalue weighted by atomic mass is 9.76. The van der Waals surface area contributed by atoms with E-state index in [1.165, 1.54) is 12.8 Å². The summed E-state index contributed by atoms with van der Waals surface area (Å²) in [5.74, 6) is 0.995. The summed E-state index contributed by atoms with van der Waals surface area (Å²) in [5, 5.41) is 10.5. The Hall–Kier alpha value is -0.0800. The fourth-order valence-electron chi connectivity index (χ4n) is 2.99. The van der Waals surface area contributed by atoms with Crippen LogP contribution in [0.1, 0.15) is 39.0 Å². The van der Waals surface area contributed by atoms with Crippen LogP contribution in [0, 0.1) is 11.8 Å². The van der Waals surface area contributed by atoms with Crippen LogP contribution in [0.4, 0.5) is 0 Å². The van der Waals surface area contributed by atoms with Crippen molar-refractivity contribution in [1.29, 1.82) is 0 Å². The minimum Gasteiger partial charge on any atom is -0.389 e. The summed E-state index contributed by atoms with van der Waals surface area (Å²) in [4.78, 5) is 0. The van der Waals surface area contributed by atoms with Crippen molar-refractivity contribution in [3.63, 3.8) is 0 Å². The minimum absolute atomic E-state index is 0.357. The highest BCUT2D eigenvalue weighted by Gasteiger charge is 2.44. The Morgan fingerprint density at radius 1 is 1.23 bits per heavy atom. The Kier molecular flexibility index (Phi) is 2.61. The Morgan fingerprint density at radius 2 is 1.92 bits per heavy atom. The van der Waals surface area contributed by atoms with Gasteiger partial charge in [-0.1, -0.05) is 13.3 Å². The Labute approximate surface area is 80.3 Å². The zero-order valence-corrected chi connectivity index (χ0v) is 8.46. The van der Waals surface area contributed by atoms with Crippen LogP contribution in [0.3, 0.4) is 0 Å². The van der Waals surface area contributed by atoms with Crippen LogP contribution >= 0.6 is 0 Å². The molecule has 76 valence electrons. The van der Waals surface area contributed by atoms with E-state index in [0.717, 1.165) is 32.5 Å². The lowest BCUT2D eigenvalue weighted by Crippen LogP contribution is -2.43. The van der Waals surface area contributed by atoms with Crippen molar-refractivity contribution < 1.29 is 9.84 Å². The average molecular weight is 184 g/mol. The number of aliphatic hydroxyl groups is 1. The van der Waals surface area contributed by atoms with E-state index in [1.807, 2.05) is 0 Å². The van der Waals surface area contributed by atoms with Crippen LogP contribution in [0.2, 0.25) is 0 Å². The molecule has 0 bridgehead atoms. The van der Waals surface area contributed by atoms with Gasteiger partial charge in [0, 0.05) is 13.2 Å². The van der Waals surface area contributed by atoms with Gasteiger partial charge in [0.2, 0.25) is 0 Å². The molecule has 2 fully saturated rings. The van der Waals surface area contributed by atoms with E-state index in [1.54, 1.807) is 0 Å². The molecule has 2 nitrogen and oxygen atoms in total. The van der Waals surface area contributed by atoms with Crippen molar-refractivity contribution in [2.75, 3.05) is 13.2 Å². The standard InChI is InChI=1S/C11H20O2/c1-9-3-2-6-11(9,12)10-4-7-13-8-5-10/h9-10,12H,2-8H2,1H3. The first-order chi connectivity index (χ1) is 6.23. The molecule has 2 atom stereocenters. The molecule has 1 saturated heterocycles. The van der Waals surface area contributed by atoms with Crippen molar-refractivity contribution >= 4 is 0 Å². The molecule has 1 heterocycles. The van der Waals surface area contributed by atoms with Gasteiger partial charge < -0.3 is 9.84 Å². The molecule has 0 amide bonds. The summed E-state index contributed by atoms with van der Waals surface area (Å²) in [6.45, 7) is 3.89. The van der Waals surface area contributed by atoms with E-state index in [0.29, 0.717) is 11.8 Å². The number of hydrogen-bond donors (Lipinski definition) is 1. The third-order valence-corrected chi connectivity index (χ3v) is 4.00. The van der Waals surface area contributed by atoms with Crippen LogP contribution in [-0.2, 0) is 4.74 Å². The summed E-state index contributed by atoms with van der Waals surface area (Å²) in [6, 6.07) is 0. The highest BCUT2D eigenvalue weighted by atomic mass is 16.5. The van der Waals surface area contributed by atoms with Gasteiger partial charge in [0.25, 0.3) is 0 Å². The van der Waals surface area contributed by atoms with E-state index in [9.17, 15) is 5.11 Å². The summed E-state index contributed by atoms with van der Waals surface area (Å²) < 4.78 is 5.33. The van der Waals surface area contributed by atoms with Gasteiger partial charge in [0.15, 0.2) is 0 Å². The van der Waals surface area contributed by atoms with Gasteiger partial charge >= 0.3 is 0 Å². The van der Waals surface area contributed by atoms with E-state index < -0.39 is 0 Å². The monoisotopic (exact) mass is 184 g/mol. The molecule has 13 heavy (non-hydrogen) atoms. The highest BCUT2D eigenvalue weighted by molar-refractivity contribution is 4.95. The zero-order chi connectivity index (χ0) is 9.31. The fraction of sp³-hybridized carbons (Fsp3) is 1.00. The lowest BCUT2D eigenvalue weighted by Gasteiger charge is -2.38. The molecule has 0 aromatic rings. The van der Waals surface area contributed by atoms with E-state index in [2.05, 4.69) is 6.92 Å². The van der Waals surface area contributed by atoms with Gasteiger partial charge in [-0.2, -0.15) is 0 Å². The third-order valence-electron chi connectivity index (χ3n) is 4.00. The van der Waals surface area contributed by atoms with E-state index in [4.69, 9.17) is 4.74 Å². The molecule has 2 unspecified atom stereocenters. The van der Waals surface area contributed by atoms with E-state index in [-0.39, 0.29) is 5.60 Å². The molecule has 1 aliphatic heterocycles. The van der Waals surface area contributed by atoms with Crippen LogP contribution < -0.4 is 0 Å². The van der Waals surface area contributed by atoms with Crippen molar-refractivity contribution in [1.82, 2.24) is 0 Å². The molecule has 1 aliphatic carbocycles. The number of ether oxygens (including phenoxy) is 1. The first-order valence-electron chi connectivity index (χ1n) is 5.53. The topological polar surface area (TPSA) is 29.5 Å². The third kappa shape index (κ3) is 1.62. The van der Waals surface area contributed by atoms with Gasteiger partial charge in [-0.25, -0.2) is 0 Å². The summed E-state index contributed by atoms with van der Waals surface area (Å²) in [6.07, 6.45) is 5.53. The summed E-state index contributed by atoms with van der Waals surface area (Å²) >= 11 is 0. The van der Waals surface area contributed by atoms with Crippen LogP contribution in [0.15, 0.2) is 0 Å². The first kappa shape index (κ1) is 9.47. The normalized spacial score (nSPS) is 42.5. The molecule has 2 aliphatic rings. The van der Waals surface area contributed by atoms with Crippen molar-refractivity contribution in [3.05, 3.63) is 0 Å². The summed E-state index contributed by atoms with van der Waals surface area (Å²) in [5.41, 5.74) is -0.357. The molecule has 2 rings (SSSR count). The maximum atomic E-state index is 10.5. The quantitative estimate of drug-likeness (QED) is 0.675. The Balaban J connectivity index is 2.03. The van der Waals surface area contributed by atoms with Crippen LogP contribution in [-0.4, -0.2) is 23.9 Å². The van der Waals surface area contributed by atoms with E-state index >= 15 is 0 Å². The van der Waals surface area contributed by atoms with Gasteiger partial charge in [-0.05, 0) is 37.5 Å². The largest absolute Gasteiger partial charge is 0.389 e. The molecule has 1 saturated carbocycles. The Bertz CT molecular complexity index is 175. The van der Waals surface area contributed by atoms with Gasteiger partial charge in [-0.3, -0.25) is 0 Å². The number of rotatable bonds is 1. The van der Waals surface area contributed by atoms with Gasteiger partial charge in [0.05, 0.1) is 5.60 Å². The number of hydrogen-bond acceptors (Lipinski definition) is 2. The van der Waals surface area contributed by atoms with Crippen LogP contribution in [0.5, 0.6) is 0 Å². The first-order valence-corrected chi connectivity index (χ1v) is 5.53. The van der Waals surface area contributed by atoms with Crippen molar-refractivity contribution in [3.8, 4) is 0 Å². The lowest BCUT2D eigenvalue weighted by molar-refractivity contribution is -0.0848. The summed E-state index contributed by atoms with van der Waals surface area (Å²) in [7, 11) is 0. The second-order valence-electron chi connectivity index (χ2n) is 4.67. The fourth-order valence-corrected chi connectivity index (χ4v) is 2.99. The molecule has 2 heteroatoms. The molecular formula is C11H20O2. The predicted octanol–water partition coefficient (Wildman–Crippen LogP) is 1.96. The predicted molar refractivity (Wildman–Crippen MR) is 51.5 cm³/mol. The molecule has 0 aromatic heterocycles.